The van der Waals surface area contributed by atoms with Gasteiger partial charge in [0.1, 0.15) is 5.69 Å². The van der Waals surface area contributed by atoms with Gasteiger partial charge in [-0.25, -0.2) is 0 Å². The summed E-state index contributed by atoms with van der Waals surface area (Å²) in [5, 5.41) is 0. The first-order valence-electron chi connectivity index (χ1n) is 6.31. The fraction of sp³-hybridized carbons (Fsp3) is 0.133. The Bertz CT molecular complexity index is 594. The summed E-state index contributed by atoms with van der Waals surface area (Å²) in [5.74, 6) is -0.818. The van der Waals surface area contributed by atoms with Crippen LogP contribution in [0.4, 0.5) is 0 Å². The maximum Gasteiger partial charge on any atom is 0.288 e. The second-order valence-electron chi connectivity index (χ2n) is 4.17. The molecule has 2 amide bonds. The standard InChI is InChI=1S/C15H15N3O2/c1-2-11-6-8-12(9-7-11)14(19)17-18-15(20)13-5-3-4-10-16-13/h3-10H,2H2,1H3,(H,17,19)(H,18,20). The first-order chi connectivity index (χ1) is 9.70. The zero-order chi connectivity index (χ0) is 14.4. The van der Waals surface area contributed by atoms with Crippen molar-refractivity contribution in [3.05, 3.63) is 65.5 Å². The van der Waals surface area contributed by atoms with E-state index in [1.165, 1.54) is 6.20 Å². The summed E-state index contributed by atoms with van der Waals surface area (Å²) in [4.78, 5) is 27.4. The number of hydrogen-bond donors (Lipinski definition) is 2. The third-order valence-corrected chi connectivity index (χ3v) is 2.81. The number of aryl methyl sites for hydroxylation is 1. The van der Waals surface area contributed by atoms with Crippen LogP contribution in [0.5, 0.6) is 0 Å². The molecule has 0 aliphatic carbocycles. The van der Waals surface area contributed by atoms with Gasteiger partial charge in [0.25, 0.3) is 11.8 Å². The quantitative estimate of drug-likeness (QED) is 0.833. The van der Waals surface area contributed by atoms with E-state index in [4.69, 9.17) is 0 Å². The van der Waals surface area contributed by atoms with Crippen molar-refractivity contribution in [2.24, 2.45) is 0 Å². The van der Waals surface area contributed by atoms with E-state index in [2.05, 4.69) is 15.8 Å². The lowest BCUT2D eigenvalue weighted by Gasteiger charge is -2.07. The maximum atomic E-state index is 11.8. The summed E-state index contributed by atoms with van der Waals surface area (Å²) in [5.41, 5.74) is 6.57. The molecule has 20 heavy (non-hydrogen) atoms. The molecule has 2 N–H and O–H groups in total. The Hall–Kier alpha value is -2.69. The predicted octanol–water partition coefficient (Wildman–Crippen LogP) is 1.72. The number of carbonyl (C=O) groups excluding carboxylic acids is 2. The molecule has 2 aromatic rings. The van der Waals surface area contributed by atoms with E-state index in [1.807, 2.05) is 19.1 Å². The van der Waals surface area contributed by atoms with E-state index in [9.17, 15) is 9.59 Å². The van der Waals surface area contributed by atoms with Crippen molar-refractivity contribution in [2.75, 3.05) is 0 Å². The molecule has 0 aliphatic heterocycles. The molecular formula is C15H15N3O2. The smallest absolute Gasteiger partial charge is 0.267 e. The van der Waals surface area contributed by atoms with Gasteiger partial charge in [-0.1, -0.05) is 25.1 Å². The van der Waals surface area contributed by atoms with Gasteiger partial charge >= 0.3 is 0 Å². The van der Waals surface area contributed by atoms with Crippen molar-refractivity contribution in [2.45, 2.75) is 13.3 Å². The molecule has 1 aromatic heterocycles. The lowest BCUT2D eigenvalue weighted by atomic mass is 10.1. The van der Waals surface area contributed by atoms with Crippen molar-refractivity contribution in [3.63, 3.8) is 0 Å². The number of nitrogens with one attached hydrogen (secondary N) is 2. The SMILES string of the molecule is CCc1ccc(C(=O)NNC(=O)c2ccccn2)cc1. The molecule has 0 saturated heterocycles. The van der Waals surface area contributed by atoms with Crippen molar-refractivity contribution < 1.29 is 9.59 Å². The molecule has 0 bridgehead atoms. The number of aromatic nitrogens is 1. The topological polar surface area (TPSA) is 71.1 Å². The van der Waals surface area contributed by atoms with Crippen LogP contribution in [0.3, 0.4) is 0 Å². The Labute approximate surface area is 117 Å². The van der Waals surface area contributed by atoms with Crippen LogP contribution in [0.1, 0.15) is 33.3 Å². The Morgan fingerprint density at radius 1 is 1.00 bits per heavy atom. The van der Waals surface area contributed by atoms with E-state index < -0.39 is 5.91 Å². The average Bonchev–Trinajstić information content (AvgIpc) is 2.53. The van der Waals surface area contributed by atoms with Crippen molar-refractivity contribution in [1.82, 2.24) is 15.8 Å². The van der Waals surface area contributed by atoms with Crippen LogP contribution in [0.15, 0.2) is 48.7 Å². The van der Waals surface area contributed by atoms with Gasteiger partial charge in [0, 0.05) is 11.8 Å². The minimum atomic E-state index is -0.455. The highest BCUT2D eigenvalue weighted by atomic mass is 16.2. The van der Waals surface area contributed by atoms with E-state index >= 15 is 0 Å². The predicted molar refractivity (Wildman–Crippen MR) is 75.0 cm³/mol. The number of nitrogens with zero attached hydrogens (tertiary/aromatic N) is 1. The normalized spacial score (nSPS) is 9.85. The minimum absolute atomic E-state index is 0.245. The maximum absolute atomic E-state index is 11.8. The van der Waals surface area contributed by atoms with E-state index in [1.54, 1.807) is 30.3 Å². The molecule has 0 atom stereocenters. The van der Waals surface area contributed by atoms with Crippen LogP contribution >= 0.6 is 0 Å². The monoisotopic (exact) mass is 269 g/mol. The average molecular weight is 269 g/mol. The van der Waals surface area contributed by atoms with Gasteiger partial charge in [-0.2, -0.15) is 0 Å². The Kier molecular flexibility index (Phi) is 4.44. The molecule has 2 rings (SSSR count). The second-order valence-corrected chi connectivity index (χ2v) is 4.17. The Morgan fingerprint density at radius 2 is 1.70 bits per heavy atom. The molecule has 1 heterocycles. The fourth-order valence-corrected chi connectivity index (χ4v) is 1.64. The minimum Gasteiger partial charge on any atom is -0.267 e. The summed E-state index contributed by atoms with van der Waals surface area (Å²) in [6, 6.07) is 12.2. The fourth-order valence-electron chi connectivity index (χ4n) is 1.64. The third kappa shape index (κ3) is 3.41. The van der Waals surface area contributed by atoms with Crippen molar-refractivity contribution in [3.8, 4) is 0 Å². The second kappa shape index (κ2) is 6.47. The molecule has 0 aliphatic rings. The van der Waals surface area contributed by atoms with Gasteiger partial charge in [-0.3, -0.25) is 25.4 Å². The highest BCUT2D eigenvalue weighted by Crippen LogP contribution is 2.04. The van der Waals surface area contributed by atoms with Gasteiger partial charge in [0.05, 0.1) is 0 Å². The van der Waals surface area contributed by atoms with Crippen LogP contribution in [-0.4, -0.2) is 16.8 Å². The Morgan fingerprint density at radius 3 is 2.30 bits per heavy atom. The molecule has 0 saturated carbocycles. The molecular weight excluding hydrogens is 254 g/mol. The number of pyridine rings is 1. The molecule has 1 aromatic carbocycles. The molecule has 5 nitrogen and oxygen atoms in total. The number of carbonyl (C=O) groups is 2. The Balaban J connectivity index is 1.93. The van der Waals surface area contributed by atoms with Crippen molar-refractivity contribution in [1.29, 1.82) is 0 Å². The lowest BCUT2D eigenvalue weighted by molar-refractivity contribution is 0.0844. The third-order valence-electron chi connectivity index (χ3n) is 2.81. The van der Waals surface area contributed by atoms with Crippen LogP contribution in [-0.2, 0) is 6.42 Å². The van der Waals surface area contributed by atoms with Gasteiger partial charge in [0.15, 0.2) is 0 Å². The molecule has 5 heteroatoms. The summed E-state index contributed by atoms with van der Waals surface area (Å²) >= 11 is 0. The van der Waals surface area contributed by atoms with Crippen molar-refractivity contribution >= 4 is 11.8 Å². The summed E-state index contributed by atoms with van der Waals surface area (Å²) < 4.78 is 0. The highest BCUT2D eigenvalue weighted by Gasteiger charge is 2.09. The number of hydrazine groups is 1. The number of hydrogen-bond acceptors (Lipinski definition) is 3. The van der Waals surface area contributed by atoms with E-state index in [-0.39, 0.29) is 11.6 Å². The number of rotatable bonds is 3. The highest BCUT2D eigenvalue weighted by molar-refractivity contribution is 5.98. The summed E-state index contributed by atoms with van der Waals surface area (Å²) in [6.45, 7) is 2.04. The van der Waals surface area contributed by atoms with Crippen LogP contribution in [0.25, 0.3) is 0 Å². The van der Waals surface area contributed by atoms with E-state index in [0.29, 0.717) is 5.56 Å². The first kappa shape index (κ1) is 13.7. The van der Waals surface area contributed by atoms with E-state index in [0.717, 1.165) is 12.0 Å². The van der Waals surface area contributed by atoms with Gasteiger partial charge in [-0.05, 0) is 36.2 Å². The zero-order valence-electron chi connectivity index (χ0n) is 11.1. The first-order valence-corrected chi connectivity index (χ1v) is 6.31. The molecule has 0 fully saturated rings. The van der Waals surface area contributed by atoms with Crippen LogP contribution in [0.2, 0.25) is 0 Å². The zero-order valence-corrected chi connectivity index (χ0v) is 11.1. The molecule has 0 spiro atoms. The lowest BCUT2D eigenvalue weighted by Crippen LogP contribution is -2.41. The molecule has 102 valence electrons. The summed E-state index contributed by atoms with van der Waals surface area (Å²) in [7, 11) is 0. The van der Waals surface area contributed by atoms with Crippen LogP contribution in [0, 0.1) is 0 Å². The number of amides is 2. The van der Waals surface area contributed by atoms with Gasteiger partial charge in [-0.15, -0.1) is 0 Å². The van der Waals surface area contributed by atoms with Crippen LogP contribution < -0.4 is 10.9 Å². The molecule has 0 radical (unpaired) electrons. The van der Waals surface area contributed by atoms with Gasteiger partial charge in [0.2, 0.25) is 0 Å². The number of benzene rings is 1. The molecule has 0 unspecified atom stereocenters. The van der Waals surface area contributed by atoms with Gasteiger partial charge < -0.3 is 0 Å². The largest absolute Gasteiger partial charge is 0.288 e. The summed E-state index contributed by atoms with van der Waals surface area (Å²) in [6.07, 6.45) is 2.43.